The maximum Gasteiger partial charge on any atom is 0.183 e. The van der Waals surface area contributed by atoms with Crippen molar-refractivity contribution in [3.05, 3.63) is 76.1 Å². The van der Waals surface area contributed by atoms with Gasteiger partial charge in [0.1, 0.15) is 17.5 Å². The van der Waals surface area contributed by atoms with E-state index in [9.17, 15) is 22.0 Å². The molecule has 0 aliphatic rings. The highest BCUT2D eigenvalue weighted by atomic mass is 19.2. The van der Waals surface area contributed by atoms with Crippen molar-refractivity contribution in [2.24, 2.45) is 0 Å². The number of fused-ring (bicyclic) bond motifs is 3. The summed E-state index contributed by atoms with van der Waals surface area (Å²) in [7, 11) is 0. The van der Waals surface area contributed by atoms with Crippen LogP contribution in [0.1, 0.15) is 16.7 Å². The summed E-state index contributed by atoms with van der Waals surface area (Å²) in [5, 5.41) is 0.874. The lowest BCUT2D eigenvalue weighted by atomic mass is 10.1. The molecule has 0 radical (unpaired) electrons. The first-order chi connectivity index (χ1) is 12.7. The van der Waals surface area contributed by atoms with E-state index in [1.807, 2.05) is 0 Å². The lowest BCUT2D eigenvalue weighted by molar-refractivity contribution is 0.483. The molecular weight excluding hydrogens is 361 g/mol. The van der Waals surface area contributed by atoms with Crippen LogP contribution in [0.3, 0.4) is 0 Å². The smallest absolute Gasteiger partial charge is 0.183 e. The molecule has 4 aromatic rings. The normalized spacial score (nSPS) is 11.7. The number of rotatable bonds is 1. The van der Waals surface area contributed by atoms with Crippen LogP contribution in [-0.4, -0.2) is 4.57 Å². The van der Waals surface area contributed by atoms with Crippen molar-refractivity contribution in [3.63, 3.8) is 0 Å². The first kappa shape index (κ1) is 17.5. The molecule has 1 heterocycles. The van der Waals surface area contributed by atoms with Gasteiger partial charge < -0.3 is 4.57 Å². The molecule has 27 heavy (non-hydrogen) atoms. The molecule has 4 rings (SSSR count). The van der Waals surface area contributed by atoms with Crippen LogP contribution < -0.4 is 0 Å². The minimum Gasteiger partial charge on any atom is -0.303 e. The second-order valence-electron chi connectivity index (χ2n) is 6.73. The molecule has 0 saturated carbocycles. The summed E-state index contributed by atoms with van der Waals surface area (Å²) in [6.45, 7) is 4.35. The molecule has 138 valence electrons. The summed E-state index contributed by atoms with van der Waals surface area (Å²) < 4.78 is 73.0. The van der Waals surface area contributed by atoms with Crippen LogP contribution >= 0.6 is 0 Å². The zero-order valence-electron chi connectivity index (χ0n) is 14.7. The number of aryl methyl sites for hydroxylation is 2. The molecule has 1 nitrogen and oxygen atoms in total. The zero-order valence-corrected chi connectivity index (χ0v) is 14.7. The third kappa shape index (κ3) is 2.43. The SMILES string of the molecule is Cc1cc(F)c2c(c1)c1cc(C)c(F)cc1n2-c1cc(F)c(C)c(F)c1F. The monoisotopic (exact) mass is 375 g/mol. The molecule has 0 saturated heterocycles. The van der Waals surface area contributed by atoms with Gasteiger partial charge in [-0.25, -0.2) is 22.0 Å². The number of hydrogen-bond acceptors (Lipinski definition) is 0. The first-order valence-corrected chi connectivity index (χ1v) is 8.25. The summed E-state index contributed by atoms with van der Waals surface area (Å²) in [5.41, 5.74) is 0.00578. The average molecular weight is 375 g/mol. The highest BCUT2D eigenvalue weighted by Gasteiger charge is 2.23. The van der Waals surface area contributed by atoms with Gasteiger partial charge in [-0.05, 0) is 56.2 Å². The van der Waals surface area contributed by atoms with Gasteiger partial charge in [-0.15, -0.1) is 0 Å². The van der Waals surface area contributed by atoms with Gasteiger partial charge >= 0.3 is 0 Å². The quantitative estimate of drug-likeness (QED) is 0.268. The van der Waals surface area contributed by atoms with Crippen LogP contribution in [0.5, 0.6) is 0 Å². The third-order valence-corrected chi connectivity index (χ3v) is 4.85. The Hall–Kier alpha value is -2.89. The Morgan fingerprint density at radius 1 is 0.667 bits per heavy atom. The van der Waals surface area contributed by atoms with E-state index in [-0.39, 0.29) is 11.0 Å². The van der Waals surface area contributed by atoms with Gasteiger partial charge in [-0.1, -0.05) is 0 Å². The Labute approximate surface area is 151 Å². The minimum atomic E-state index is -1.36. The Bertz CT molecular complexity index is 1250. The number of aromatic nitrogens is 1. The van der Waals surface area contributed by atoms with E-state index < -0.39 is 40.3 Å². The molecule has 0 unspecified atom stereocenters. The van der Waals surface area contributed by atoms with Crippen molar-refractivity contribution in [2.75, 3.05) is 0 Å². The number of benzene rings is 3. The van der Waals surface area contributed by atoms with Crippen molar-refractivity contribution in [3.8, 4) is 5.69 Å². The van der Waals surface area contributed by atoms with Crippen molar-refractivity contribution >= 4 is 21.8 Å². The van der Waals surface area contributed by atoms with Gasteiger partial charge in [0.2, 0.25) is 0 Å². The van der Waals surface area contributed by atoms with Crippen molar-refractivity contribution in [2.45, 2.75) is 20.8 Å². The molecule has 0 bridgehead atoms. The first-order valence-electron chi connectivity index (χ1n) is 8.25. The molecule has 6 heteroatoms. The Morgan fingerprint density at radius 2 is 1.37 bits per heavy atom. The van der Waals surface area contributed by atoms with Gasteiger partial charge in [0.15, 0.2) is 11.6 Å². The third-order valence-electron chi connectivity index (χ3n) is 4.85. The van der Waals surface area contributed by atoms with E-state index in [0.717, 1.165) is 23.6 Å². The summed E-state index contributed by atoms with van der Waals surface area (Å²) in [4.78, 5) is 0. The van der Waals surface area contributed by atoms with Crippen LogP contribution in [-0.2, 0) is 0 Å². The largest absolute Gasteiger partial charge is 0.303 e. The Balaban J connectivity index is 2.29. The fourth-order valence-electron chi connectivity index (χ4n) is 3.45. The van der Waals surface area contributed by atoms with Crippen molar-refractivity contribution in [1.29, 1.82) is 0 Å². The Morgan fingerprint density at radius 3 is 2.07 bits per heavy atom. The summed E-state index contributed by atoms with van der Waals surface area (Å²) in [5.74, 6) is -4.94. The van der Waals surface area contributed by atoms with E-state index >= 15 is 0 Å². The standard InChI is InChI=1S/C21H14F5N/c1-9-4-13-12-6-10(2)14(22)7-17(12)27(21(13)16(24)5-9)18-8-15(23)11(3)19(25)20(18)26/h4-8H,1-3H3. The van der Waals surface area contributed by atoms with E-state index in [1.54, 1.807) is 19.9 Å². The van der Waals surface area contributed by atoms with Crippen LogP contribution in [0.4, 0.5) is 22.0 Å². The van der Waals surface area contributed by atoms with E-state index in [2.05, 4.69) is 0 Å². The second kappa shape index (κ2) is 5.81. The van der Waals surface area contributed by atoms with Gasteiger partial charge in [0.05, 0.1) is 16.7 Å². The number of halogens is 5. The number of nitrogens with zero attached hydrogens (tertiary/aromatic N) is 1. The molecular formula is C21H14F5N. The maximum atomic E-state index is 14.8. The highest BCUT2D eigenvalue weighted by molar-refractivity contribution is 6.10. The van der Waals surface area contributed by atoms with Crippen molar-refractivity contribution < 1.29 is 22.0 Å². The topological polar surface area (TPSA) is 4.93 Å². The second-order valence-corrected chi connectivity index (χ2v) is 6.73. The van der Waals surface area contributed by atoms with Crippen LogP contribution in [0, 0.1) is 49.9 Å². The van der Waals surface area contributed by atoms with Crippen LogP contribution in [0.2, 0.25) is 0 Å². The van der Waals surface area contributed by atoms with Crippen molar-refractivity contribution in [1.82, 2.24) is 4.57 Å². The van der Waals surface area contributed by atoms with Gasteiger partial charge in [0, 0.05) is 22.4 Å². The molecule has 0 aliphatic heterocycles. The zero-order chi connectivity index (χ0) is 19.6. The molecule has 0 spiro atoms. The highest BCUT2D eigenvalue weighted by Crippen LogP contribution is 2.37. The summed E-state index contributed by atoms with van der Waals surface area (Å²) >= 11 is 0. The van der Waals surface area contributed by atoms with E-state index in [1.165, 1.54) is 12.1 Å². The van der Waals surface area contributed by atoms with E-state index in [0.29, 0.717) is 21.9 Å². The Kier molecular flexibility index (Phi) is 3.77. The molecule has 1 aromatic heterocycles. The molecule has 0 atom stereocenters. The fourth-order valence-corrected chi connectivity index (χ4v) is 3.45. The molecule has 0 N–H and O–H groups in total. The predicted octanol–water partition coefficient (Wildman–Crippen LogP) is 6.40. The lowest BCUT2D eigenvalue weighted by Crippen LogP contribution is -2.05. The molecule has 0 aliphatic carbocycles. The van der Waals surface area contributed by atoms with Gasteiger partial charge in [0.25, 0.3) is 0 Å². The van der Waals surface area contributed by atoms with Gasteiger partial charge in [-0.3, -0.25) is 0 Å². The molecule has 0 amide bonds. The number of hydrogen-bond donors (Lipinski definition) is 0. The fraction of sp³-hybridized carbons (Fsp3) is 0.143. The van der Waals surface area contributed by atoms with Crippen LogP contribution in [0.15, 0.2) is 30.3 Å². The van der Waals surface area contributed by atoms with Gasteiger partial charge in [-0.2, -0.15) is 0 Å². The maximum absolute atomic E-state index is 14.8. The molecule has 0 fully saturated rings. The minimum absolute atomic E-state index is 0.0675. The van der Waals surface area contributed by atoms with E-state index in [4.69, 9.17) is 0 Å². The lowest BCUT2D eigenvalue weighted by Gasteiger charge is -2.12. The summed E-state index contributed by atoms with van der Waals surface area (Å²) in [6, 6.07) is 6.34. The van der Waals surface area contributed by atoms with Crippen LogP contribution in [0.25, 0.3) is 27.5 Å². The summed E-state index contributed by atoms with van der Waals surface area (Å²) in [6.07, 6.45) is 0. The molecule has 3 aromatic carbocycles. The predicted molar refractivity (Wildman–Crippen MR) is 94.8 cm³/mol. The average Bonchev–Trinajstić information content (AvgIpc) is 2.90.